The number of aromatic nitrogens is 1. The maximum atomic E-state index is 12.6. The van der Waals surface area contributed by atoms with E-state index in [9.17, 15) is 4.79 Å². The predicted molar refractivity (Wildman–Crippen MR) is 72.5 cm³/mol. The molecule has 0 radical (unpaired) electrons. The number of aromatic amines is 1. The van der Waals surface area contributed by atoms with Gasteiger partial charge in [0.2, 0.25) is 5.78 Å². The monoisotopic (exact) mass is 249 g/mol. The molecule has 0 amide bonds. The van der Waals surface area contributed by atoms with Crippen molar-refractivity contribution in [3.63, 3.8) is 0 Å². The highest BCUT2D eigenvalue weighted by atomic mass is 16.5. The van der Waals surface area contributed by atoms with Crippen molar-refractivity contribution in [2.45, 2.75) is 6.61 Å². The van der Waals surface area contributed by atoms with Crippen molar-refractivity contribution in [1.29, 1.82) is 0 Å². The van der Waals surface area contributed by atoms with Crippen LogP contribution in [0.2, 0.25) is 0 Å². The first-order chi connectivity index (χ1) is 9.34. The number of para-hydroxylation sites is 2. The maximum Gasteiger partial charge on any atom is 0.213 e. The van der Waals surface area contributed by atoms with Crippen molar-refractivity contribution in [3.05, 3.63) is 65.4 Å². The van der Waals surface area contributed by atoms with Crippen molar-refractivity contribution in [2.24, 2.45) is 0 Å². The molecule has 0 unspecified atom stereocenters. The summed E-state index contributed by atoms with van der Waals surface area (Å²) < 4.78 is 5.77. The van der Waals surface area contributed by atoms with E-state index in [1.54, 1.807) is 6.07 Å². The number of carbonyl (C=O) groups excluding carboxylic acids is 1. The first-order valence-corrected chi connectivity index (χ1v) is 6.21. The molecule has 92 valence electrons. The normalized spacial score (nSPS) is 13.6. The third-order valence-corrected chi connectivity index (χ3v) is 3.54. The summed E-state index contributed by atoms with van der Waals surface area (Å²) in [7, 11) is 0. The molecule has 2 aromatic carbocycles. The minimum Gasteiger partial charge on any atom is -0.488 e. The molecule has 2 heterocycles. The van der Waals surface area contributed by atoms with Crippen LogP contribution in [0.1, 0.15) is 21.6 Å². The Morgan fingerprint density at radius 1 is 1.00 bits per heavy atom. The molecular formula is C16H11NO2. The second-order valence-corrected chi connectivity index (χ2v) is 4.64. The van der Waals surface area contributed by atoms with Gasteiger partial charge >= 0.3 is 0 Å². The van der Waals surface area contributed by atoms with Crippen molar-refractivity contribution >= 4 is 16.7 Å². The summed E-state index contributed by atoms with van der Waals surface area (Å²) in [6, 6.07) is 15.3. The summed E-state index contributed by atoms with van der Waals surface area (Å²) in [4.78, 5) is 15.8. The average Bonchev–Trinajstić information content (AvgIpc) is 2.77. The molecule has 0 aliphatic carbocycles. The van der Waals surface area contributed by atoms with E-state index >= 15 is 0 Å². The van der Waals surface area contributed by atoms with Gasteiger partial charge in [-0.3, -0.25) is 4.79 Å². The van der Waals surface area contributed by atoms with Crippen LogP contribution < -0.4 is 4.74 Å². The number of ether oxygens (including phenoxy) is 1. The van der Waals surface area contributed by atoms with Crippen LogP contribution in [0.15, 0.2) is 48.5 Å². The first kappa shape index (κ1) is 10.4. The van der Waals surface area contributed by atoms with Gasteiger partial charge in [0.1, 0.15) is 12.4 Å². The van der Waals surface area contributed by atoms with E-state index in [-0.39, 0.29) is 5.78 Å². The third-order valence-electron chi connectivity index (χ3n) is 3.54. The van der Waals surface area contributed by atoms with Crippen molar-refractivity contribution in [1.82, 2.24) is 4.98 Å². The van der Waals surface area contributed by atoms with E-state index in [4.69, 9.17) is 4.74 Å². The molecule has 3 aromatic rings. The van der Waals surface area contributed by atoms with Gasteiger partial charge in [-0.25, -0.2) is 0 Å². The van der Waals surface area contributed by atoms with Gasteiger partial charge in [0.15, 0.2) is 0 Å². The van der Waals surface area contributed by atoms with Crippen LogP contribution in [-0.2, 0) is 6.61 Å². The number of carbonyl (C=O) groups is 1. The fourth-order valence-corrected chi connectivity index (χ4v) is 2.61. The molecule has 0 spiro atoms. The molecule has 1 aliphatic rings. The van der Waals surface area contributed by atoms with Crippen LogP contribution in [0, 0.1) is 0 Å². The zero-order valence-corrected chi connectivity index (χ0v) is 10.1. The summed E-state index contributed by atoms with van der Waals surface area (Å²) in [5.41, 5.74) is 3.18. The number of rotatable bonds is 0. The largest absolute Gasteiger partial charge is 0.488 e. The number of hydrogen-bond acceptors (Lipinski definition) is 2. The van der Waals surface area contributed by atoms with Crippen LogP contribution in [0.25, 0.3) is 10.9 Å². The molecule has 3 nitrogen and oxygen atoms in total. The Morgan fingerprint density at radius 3 is 2.74 bits per heavy atom. The molecule has 1 aliphatic heterocycles. The van der Waals surface area contributed by atoms with Gasteiger partial charge in [0.05, 0.1) is 11.3 Å². The van der Waals surface area contributed by atoms with Crippen LogP contribution in [0.3, 0.4) is 0 Å². The molecule has 1 N–H and O–H groups in total. The minimum atomic E-state index is -0.000648. The van der Waals surface area contributed by atoms with E-state index in [0.29, 0.717) is 23.6 Å². The SMILES string of the molecule is O=C1c2ccccc2OCc2c1[nH]c1ccccc21. The Morgan fingerprint density at radius 2 is 1.79 bits per heavy atom. The summed E-state index contributed by atoms with van der Waals surface area (Å²) >= 11 is 0. The predicted octanol–water partition coefficient (Wildman–Crippen LogP) is 3.29. The first-order valence-electron chi connectivity index (χ1n) is 6.21. The van der Waals surface area contributed by atoms with Crippen LogP contribution >= 0.6 is 0 Å². The molecule has 0 fully saturated rings. The summed E-state index contributed by atoms with van der Waals surface area (Å²) in [6.07, 6.45) is 0. The zero-order valence-electron chi connectivity index (χ0n) is 10.1. The minimum absolute atomic E-state index is 0.000648. The highest BCUT2D eigenvalue weighted by Crippen LogP contribution is 2.31. The number of fused-ring (bicyclic) bond motifs is 4. The summed E-state index contributed by atoms with van der Waals surface area (Å²) in [5.74, 6) is 0.653. The second-order valence-electron chi connectivity index (χ2n) is 4.64. The number of benzene rings is 2. The van der Waals surface area contributed by atoms with Gasteiger partial charge in [-0.15, -0.1) is 0 Å². The zero-order chi connectivity index (χ0) is 12.8. The lowest BCUT2D eigenvalue weighted by Crippen LogP contribution is -2.02. The standard InChI is InChI=1S/C16H11NO2/c18-16-11-6-2-4-8-14(11)19-9-12-10-5-1-3-7-13(10)17-15(12)16/h1-8,17H,9H2. The maximum absolute atomic E-state index is 12.6. The molecule has 3 heteroatoms. The van der Waals surface area contributed by atoms with E-state index in [2.05, 4.69) is 4.98 Å². The van der Waals surface area contributed by atoms with Gasteiger partial charge in [0.25, 0.3) is 0 Å². The average molecular weight is 249 g/mol. The van der Waals surface area contributed by atoms with Gasteiger partial charge in [-0.2, -0.15) is 0 Å². The van der Waals surface area contributed by atoms with E-state index < -0.39 is 0 Å². The van der Waals surface area contributed by atoms with Gasteiger partial charge in [-0.05, 0) is 18.2 Å². The van der Waals surface area contributed by atoms with Crippen LogP contribution in [-0.4, -0.2) is 10.8 Å². The lowest BCUT2D eigenvalue weighted by molar-refractivity contribution is 0.103. The number of ketones is 1. The summed E-state index contributed by atoms with van der Waals surface area (Å²) in [6.45, 7) is 0.419. The fourth-order valence-electron chi connectivity index (χ4n) is 2.61. The van der Waals surface area contributed by atoms with Crippen molar-refractivity contribution in [3.8, 4) is 5.75 Å². The smallest absolute Gasteiger partial charge is 0.213 e. The highest BCUT2D eigenvalue weighted by Gasteiger charge is 2.25. The molecular weight excluding hydrogens is 238 g/mol. The molecule has 0 bridgehead atoms. The van der Waals surface area contributed by atoms with E-state index in [0.717, 1.165) is 16.5 Å². The molecule has 0 saturated heterocycles. The van der Waals surface area contributed by atoms with Crippen LogP contribution in [0.5, 0.6) is 5.75 Å². The molecule has 1 aromatic heterocycles. The Bertz CT molecular complexity index is 801. The molecule has 0 atom stereocenters. The highest BCUT2D eigenvalue weighted by molar-refractivity contribution is 6.13. The lowest BCUT2D eigenvalue weighted by atomic mass is 10.0. The topological polar surface area (TPSA) is 42.1 Å². The van der Waals surface area contributed by atoms with Gasteiger partial charge in [-0.1, -0.05) is 30.3 Å². The Labute approximate surface area is 109 Å². The van der Waals surface area contributed by atoms with E-state index in [1.165, 1.54) is 0 Å². The molecule has 4 rings (SSSR count). The summed E-state index contributed by atoms with van der Waals surface area (Å²) in [5, 5.41) is 1.05. The quantitative estimate of drug-likeness (QED) is 0.664. The van der Waals surface area contributed by atoms with Crippen LogP contribution in [0.4, 0.5) is 0 Å². The Hall–Kier alpha value is -2.55. The van der Waals surface area contributed by atoms with Crippen molar-refractivity contribution in [2.75, 3.05) is 0 Å². The fraction of sp³-hybridized carbons (Fsp3) is 0.0625. The van der Waals surface area contributed by atoms with Crippen molar-refractivity contribution < 1.29 is 9.53 Å². The van der Waals surface area contributed by atoms with E-state index in [1.807, 2.05) is 42.5 Å². The number of hydrogen-bond donors (Lipinski definition) is 1. The lowest BCUT2D eigenvalue weighted by Gasteiger charge is -2.05. The Balaban J connectivity index is 2.01. The molecule has 0 saturated carbocycles. The number of nitrogens with one attached hydrogen (secondary N) is 1. The van der Waals surface area contributed by atoms with Gasteiger partial charge in [0, 0.05) is 16.5 Å². The van der Waals surface area contributed by atoms with Gasteiger partial charge < -0.3 is 9.72 Å². The molecule has 19 heavy (non-hydrogen) atoms. The number of H-pyrrole nitrogens is 1. The third kappa shape index (κ3) is 1.41. The second kappa shape index (κ2) is 3.72. The Kier molecular flexibility index (Phi) is 2.03.